The van der Waals surface area contributed by atoms with Crippen LogP contribution in [0.3, 0.4) is 0 Å². The summed E-state index contributed by atoms with van der Waals surface area (Å²) in [6, 6.07) is 7.70. The molecular weight excluding hydrogens is 260 g/mol. The number of hydrogen-bond acceptors (Lipinski definition) is 2. The zero-order valence-corrected chi connectivity index (χ0v) is 12.0. The van der Waals surface area contributed by atoms with Gasteiger partial charge in [-0.2, -0.15) is 0 Å². The number of hydrogen-bond donors (Lipinski definition) is 2. The molecule has 4 heteroatoms. The molecule has 1 aromatic rings. The van der Waals surface area contributed by atoms with Gasteiger partial charge in [0.25, 0.3) is 0 Å². The van der Waals surface area contributed by atoms with E-state index in [1.807, 2.05) is 31.2 Å². The van der Waals surface area contributed by atoms with E-state index in [1.54, 1.807) is 0 Å². The van der Waals surface area contributed by atoms with Crippen molar-refractivity contribution in [3.63, 3.8) is 0 Å². The van der Waals surface area contributed by atoms with Gasteiger partial charge in [0.1, 0.15) is 0 Å². The molecule has 0 aromatic heterocycles. The second-order valence-electron chi connectivity index (χ2n) is 5.55. The van der Waals surface area contributed by atoms with Gasteiger partial charge in [0.2, 0.25) is 5.91 Å². The lowest BCUT2D eigenvalue weighted by molar-refractivity contribution is -0.130. The minimum atomic E-state index is -0.395. The van der Waals surface area contributed by atoms with Crippen molar-refractivity contribution in [3.05, 3.63) is 34.9 Å². The number of carbonyl (C=O) groups excluding carboxylic acids is 1. The van der Waals surface area contributed by atoms with Crippen LogP contribution in [0.1, 0.15) is 31.7 Å². The summed E-state index contributed by atoms with van der Waals surface area (Å²) < 4.78 is 0. The SMILES string of the molecule is CC1(C(=O)NCCc2cccc(Cl)c2)CCCC1N. The Labute approximate surface area is 119 Å². The summed E-state index contributed by atoms with van der Waals surface area (Å²) in [7, 11) is 0. The second kappa shape index (κ2) is 5.93. The number of carbonyl (C=O) groups is 1. The van der Waals surface area contributed by atoms with E-state index in [1.165, 1.54) is 0 Å². The van der Waals surface area contributed by atoms with Crippen LogP contribution < -0.4 is 11.1 Å². The first-order valence-corrected chi connectivity index (χ1v) is 7.18. The highest BCUT2D eigenvalue weighted by Crippen LogP contribution is 2.36. The van der Waals surface area contributed by atoms with Crippen molar-refractivity contribution >= 4 is 17.5 Å². The predicted octanol–water partition coefficient (Wildman–Crippen LogP) is 2.52. The highest BCUT2D eigenvalue weighted by Gasteiger charge is 2.42. The molecule has 0 saturated heterocycles. The molecule has 19 heavy (non-hydrogen) atoms. The smallest absolute Gasteiger partial charge is 0.227 e. The molecule has 0 bridgehead atoms. The van der Waals surface area contributed by atoms with Gasteiger partial charge in [-0.1, -0.05) is 30.2 Å². The summed E-state index contributed by atoms with van der Waals surface area (Å²) in [4.78, 5) is 12.2. The van der Waals surface area contributed by atoms with Crippen molar-refractivity contribution in [1.29, 1.82) is 0 Å². The van der Waals surface area contributed by atoms with Crippen LogP contribution in [0.4, 0.5) is 0 Å². The minimum Gasteiger partial charge on any atom is -0.355 e. The van der Waals surface area contributed by atoms with Crippen LogP contribution in [-0.4, -0.2) is 18.5 Å². The topological polar surface area (TPSA) is 55.1 Å². The molecule has 1 aliphatic carbocycles. The van der Waals surface area contributed by atoms with Gasteiger partial charge in [-0.15, -0.1) is 0 Å². The number of nitrogens with one attached hydrogen (secondary N) is 1. The van der Waals surface area contributed by atoms with Crippen LogP contribution in [0.2, 0.25) is 5.02 Å². The van der Waals surface area contributed by atoms with Crippen LogP contribution in [0.25, 0.3) is 0 Å². The Kier molecular flexibility index (Phi) is 4.48. The first-order chi connectivity index (χ1) is 9.02. The van der Waals surface area contributed by atoms with Crippen molar-refractivity contribution < 1.29 is 4.79 Å². The van der Waals surface area contributed by atoms with Gasteiger partial charge < -0.3 is 11.1 Å². The number of nitrogens with two attached hydrogens (primary N) is 1. The molecule has 1 amide bonds. The molecule has 2 rings (SSSR count). The van der Waals surface area contributed by atoms with E-state index in [0.29, 0.717) is 6.54 Å². The van der Waals surface area contributed by atoms with Gasteiger partial charge in [0, 0.05) is 17.6 Å². The van der Waals surface area contributed by atoms with Crippen molar-refractivity contribution in [2.75, 3.05) is 6.54 Å². The molecule has 0 radical (unpaired) electrons. The molecule has 0 aliphatic heterocycles. The Hall–Kier alpha value is -1.06. The van der Waals surface area contributed by atoms with E-state index in [-0.39, 0.29) is 11.9 Å². The van der Waals surface area contributed by atoms with Crippen LogP contribution in [0.5, 0.6) is 0 Å². The van der Waals surface area contributed by atoms with Gasteiger partial charge in [-0.3, -0.25) is 4.79 Å². The molecule has 3 N–H and O–H groups in total. The fourth-order valence-corrected chi connectivity index (χ4v) is 2.90. The summed E-state index contributed by atoms with van der Waals surface area (Å²) >= 11 is 5.93. The average molecular weight is 281 g/mol. The predicted molar refractivity (Wildman–Crippen MR) is 78.1 cm³/mol. The van der Waals surface area contributed by atoms with Gasteiger partial charge in [0.15, 0.2) is 0 Å². The monoisotopic (exact) mass is 280 g/mol. The summed E-state index contributed by atoms with van der Waals surface area (Å²) in [5.41, 5.74) is 6.78. The highest BCUT2D eigenvalue weighted by molar-refractivity contribution is 6.30. The number of halogens is 1. The lowest BCUT2D eigenvalue weighted by atomic mass is 9.84. The van der Waals surface area contributed by atoms with E-state index in [4.69, 9.17) is 17.3 Å². The third-order valence-corrected chi connectivity index (χ3v) is 4.37. The van der Waals surface area contributed by atoms with E-state index in [9.17, 15) is 4.79 Å². The Morgan fingerprint density at radius 2 is 2.37 bits per heavy atom. The lowest BCUT2D eigenvalue weighted by Gasteiger charge is -2.27. The zero-order chi connectivity index (χ0) is 13.9. The van der Waals surface area contributed by atoms with Gasteiger partial charge in [-0.05, 0) is 43.9 Å². The fourth-order valence-electron chi connectivity index (χ4n) is 2.69. The summed E-state index contributed by atoms with van der Waals surface area (Å²) in [5.74, 6) is 0.0829. The first kappa shape index (κ1) is 14.4. The quantitative estimate of drug-likeness (QED) is 0.890. The average Bonchev–Trinajstić information content (AvgIpc) is 2.71. The fraction of sp³-hybridized carbons (Fsp3) is 0.533. The minimum absolute atomic E-state index is 0.0151. The molecular formula is C15H21ClN2O. The van der Waals surface area contributed by atoms with Crippen LogP contribution in [0.15, 0.2) is 24.3 Å². The summed E-state index contributed by atoms with van der Waals surface area (Å²) in [5, 5.41) is 3.73. The van der Waals surface area contributed by atoms with Crippen molar-refractivity contribution in [1.82, 2.24) is 5.32 Å². The summed E-state index contributed by atoms with van der Waals surface area (Å²) in [6.07, 6.45) is 3.66. The Bertz CT molecular complexity index is 463. The summed E-state index contributed by atoms with van der Waals surface area (Å²) in [6.45, 7) is 2.60. The van der Waals surface area contributed by atoms with Gasteiger partial charge >= 0.3 is 0 Å². The molecule has 1 aromatic carbocycles. The number of rotatable bonds is 4. The van der Waals surface area contributed by atoms with Crippen molar-refractivity contribution in [3.8, 4) is 0 Å². The Morgan fingerprint density at radius 1 is 1.58 bits per heavy atom. The molecule has 3 nitrogen and oxygen atoms in total. The Morgan fingerprint density at radius 3 is 3.00 bits per heavy atom. The normalized spacial score (nSPS) is 26.4. The second-order valence-corrected chi connectivity index (χ2v) is 5.99. The molecule has 1 saturated carbocycles. The van der Waals surface area contributed by atoms with Crippen molar-refractivity contribution in [2.45, 2.75) is 38.6 Å². The molecule has 104 valence electrons. The van der Waals surface area contributed by atoms with E-state index in [0.717, 1.165) is 36.3 Å². The molecule has 0 heterocycles. The molecule has 0 spiro atoms. The largest absolute Gasteiger partial charge is 0.355 e. The maximum Gasteiger partial charge on any atom is 0.227 e. The number of amides is 1. The van der Waals surface area contributed by atoms with E-state index >= 15 is 0 Å². The van der Waals surface area contributed by atoms with Gasteiger partial charge in [-0.25, -0.2) is 0 Å². The van der Waals surface area contributed by atoms with Crippen LogP contribution >= 0.6 is 11.6 Å². The van der Waals surface area contributed by atoms with Crippen LogP contribution in [-0.2, 0) is 11.2 Å². The first-order valence-electron chi connectivity index (χ1n) is 6.81. The van der Waals surface area contributed by atoms with E-state index < -0.39 is 5.41 Å². The third-order valence-electron chi connectivity index (χ3n) is 4.14. The van der Waals surface area contributed by atoms with E-state index in [2.05, 4.69) is 5.32 Å². The van der Waals surface area contributed by atoms with Gasteiger partial charge in [0.05, 0.1) is 5.41 Å². The molecule has 2 unspecified atom stereocenters. The molecule has 1 aliphatic rings. The zero-order valence-electron chi connectivity index (χ0n) is 11.3. The van der Waals surface area contributed by atoms with Crippen molar-refractivity contribution in [2.24, 2.45) is 11.1 Å². The van der Waals surface area contributed by atoms with Crippen LogP contribution in [0, 0.1) is 5.41 Å². The third kappa shape index (κ3) is 3.28. The molecule has 2 atom stereocenters. The maximum atomic E-state index is 12.2. The molecule has 1 fully saturated rings. The lowest BCUT2D eigenvalue weighted by Crippen LogP contribution is -2.47. The Balaban J connectivity index is 1.84. The highest BCUT2D eigenvalue weighted by atomic mass is 35.5. The standard InChI is InChI=1S/C15H21ClN2O/c1-15(8-3-6-13(15)17)14(19)18-9-7-11-4-2-5-12(16)10-11/h2,4-5,10,13H,3,6-9,17H2,1H3,(H,18,19). The number of benzene rings is 1. The maximum absolute atomic E-state index is 12.2.